The molecular formula is C21H23Si2. The molecule has 0 bridgehead atoms. The van der Waals surface area contributed by atoms with Crippen molar-refractivity contribution in [3.63, 3.8) is 0 Å². The molecule has 115 valence electrons. The second-order valence-electron chi connectivity index (χ2n) is 6.49. The van der Waals surface area contributed by atoms with Crippen molar-refractivity contribution in [2.75, 3.05) is 0 Å². The van der Waals surface area contributed by atoms with E-state index in [4.69, 9.17) is 0 Å². The van der Waals surface area contributed by atoms with Crippen molar-refractivity contribution in [3.8, 4) is 0 Å². The van der Waals surface area contributed by atoms with E-state index in [0.29, 0.717) is 0 Å². The van der Waals surface area contributed by atoms with E-state index < -0.39 is 7.59 Å². The Balaban J connectivity index is 1.85. The Kier molecular flexibility index (Phi) is 5.26. The van der Waals surface area contributed by atoms with E-state index in [1.165, 1.54) is 34.8 Å². The van der Waals surface area contributed by atoms with Crippen molar-refractivity contribution < 1.29 is 0 Å². The molecule has 3 rings (SSSR count). The van der Waals surface area contributed by atoms with Crippen LogP contribution in [-0.2, 0) is 18.1 Å². The molecule has 0 aliphatic rings. The molecule has 0 heterocycles. The quantitative estimate of drug-likeness (QED) is 0.601. The zero-order valence-corrected chi connectivity index (χ0v) is 15.9. The first-order chi connectivity index (χ1) is 11.2. The molecule has 0 aliphatic carbocycles. The summed E-state index contributed by atoms with van der Waals surface area (Å²) in [5, 5.41) is 0. The van der Waals surface area contributed by atoms with Gasteiger partial charge in [-0.2, -0.15) is 0 Å². The second-order valence-corrected chi connectivity index (χ2v) is 15.0. The Morgan fingerprint density at radius 3 is 1.00 bits per heavy atom. The van der Waals surface area contributed by atoms with Gasteiger partial charge in [0.2, 0.25) is 0 Å². The standard InChI is InChI=1S/C21H23Si2/c22-23(16-19-10-4-1-5-11-19,17-20-12-6-2-7-13-20)18-21-14-8-3-9-15-21/h1-15H,16-18,22H2. The summed E-state index contributed by atoms with van der Waals surface area (Å²) in [6, 6.07) is 36.8. The SMILES string of the molecule is [SiH2][Si](Cc1ccccc1)(Cc1ccccc1)Cc1ccccc1. The van der Waals surface area contributed by atoms with E-state index in [0.717, 1.165) is 0 Å². The van der Waals surface area contributed by atoms with Gasteiger partial charge in [-0.15, -0.1) is 0 Å². The van der Waals surface area contributed by atoms with Crippen LogP contribution in [0.4, 0.5) is 0 Å². The van der Waals surface area contributed by atoms with Crippen LogP contribution in [0, 0.1) is 0 Å². The van der Waals surface area contributed by atoms with Crippen molar-refractivity contribution in [1.82, 2.24) is 0 Å². The minimum Gasteiger partial charge on any atom is -0.0622 e. The zero-order chi connectivity index (χ0) is 16.0. The van der Waals surface area contributed by atoms with Crippen LogP contribution in [0.15, 0.2) is 91.0 Å². The molecule has 0 saturated heterocycles. The van der Waals surface area contributed by atoms with E-state index in [1.54, 1.807) is 0 Å². The van der Waals surface area contributed by atoms with Crippen LogP contribution in [-0.4, -0.2) is 17.4 Å². The summed E-state index contributed by atoms with van der Waals surface area (Å²) in [7, 11) is 0.863. The number of hydrogen-bond acceptors (Lipinski definition) is 0. The third kappa shape index (κ3) is 4.78. The van der Waals surface area contributed by atoms with Crippen LogP contribution in [0.25, 0.3) is 0 Å². The molecule has 0 nitrogen and oxygen atoms in total. The lowest BCUT2D eigenvalue weighted by molar-refractivity contribution is 1.17. The highest BCUT2D eigenvalue weighted by Crippen LogP contribution is 2.19. The summed E-state index contributed by atoms with van der Waals surface area (Å²) in [5.74, 6) is 0. The van der Waals surface area contributed by atoms with Crippen molar-refractivity contribution in [3.05, 3.63) is 108 Å². The lowest BCUT2D eigenvalue weighted by atomic mass is 10.2. The van der Waals surface area contributed by atoms with Crippen molar-refractivity contribution in [1.29, 1.82) is 0 Å². The third-order valence-corrected chi connectivity index (χ3v) is 9.99. The second kappa shape index (κ2) is 7.58. The molecule has 2 heteroatoms. The predicted octanol–water partition coefficient (Wildman–Crippen LogP) is 3.91. The van der Waals surface area contributed by atoms with E-state index in [-0.39, 0.29) is 0 Å². The highest BCUT2D eigenvalue weighted by atomic mass is 29.2. The smallest absolute Gasteiger partial charge is 0.0499 e. The molecule has 23 heavy (non-hydrogen) atoms. The van der Waals surface area contributed by atoms with Gasteiger partial charge in [-0.25, -0.2) is 0 Å². The first-order valence-corrected chi connectivity index (χ1v) is 13.2. The monoisotopic (exact) mass is 331 g/mol. The van der Waals surface area contributed by atoms with E-state index >= 15 is 0 Å². The molecule has 0 unspecified atom stereocenters. The number of rotatable bonds is 6. The highest BCUT2D eigenvalue weighted by Gasteiger charge is 2.28. The molecule has 1 radical (unpaired) electrons. The molecule has 0 spiro atoms. The Hall–Kier alpha value is -1.91. The largest absolute Gasteiger partial charge is 0.0622 e. The summed E-state index contributed by atoms with van der Waals surface area (Å²) in [6.07, 6.45) is 0. The van der Waals surface area contributed by atoms with Crippen LogP contribution in [0.1, 0.15) is 16.7 Å². The fourth-order valence-corrected chi connectivity index (χ4v) is 9.55. The lowest BCUT2D eigenvalue weighted by Gasteiger charge is -2.28. The minimum atomic E-state index is -1.44. The topological polar surface area (TPSA) is 0 Å². The van der Waals surface area contributed by atoms with Gasteiger partial charge >= 0.3 is 0 Å². The van der Waals surface area contributed by atoms with Gasteiger partial charge in [-0.05, 0) is 18.1 Å². The maximum Gasteiger partial charge on any atom is 0.0499 e. The first kappa shape index (κ1) is 16.0. The lowest BCUT2D eigenvalue weighted by Crippen LogP contribution is -2.45. The fourth-order valence-electron chi connectivity index (χ4n) is 3.27. The van der Waals surface area contributed by atoms with Crippen LogP contribution in [0.3, 0.4) is 0 Å². The summed E-state index contributed by atoms with van der Waals surface area (Å²) >= 11 is 0. The van der Waals surface area contributed by atoms with E-state index in [1.807, 2.05) is 0 Å². The summed E-state index contributed by atoms with van der Waals surface area (Å²) in [6.45, 7) is 0. The molecule has 3 aromatic carbocycles. The van der Waals surface area contributed by atoms with Gasteiger partial charge in [0.1, 0.15) is 0 Å². The zero-order valence-electron chi connectivity index (χ0n) is 13.5. The average molecular weight is 332 g/mol. The van der Waals surface area contributed by atoms with Gasteiger partial charge in [0.05, 0.1) is 0 Å². The Bertz CT molecular complexity index is 607. The summed E-state index contributed by atoms with van der Waals surface area (Å²) < 4.78 is 0. The third-order valence-electron chi connectivity index (χ3n) is 4.27. The van der Waals surface area contributed by atoms with Gasteiger partial charge in [0, 0.05) is 17.4 Å². The van der Waals surface area contributed by atoms with Crippen LogP contribution >= 0.6 is 0 Å². The molecular weight excluding hydrogens is 308 g/mol. The number of benzene rings is 3. The van der Waals surface area contributed by atoms with Crippen molar-refractivity contribution in [2.24, 2.45) is 0 Å². The molecule has 0 aliphatic heterocycles. The Morgan fingerprint density at radius 1 is 0.478 bits per heavy atom. The Morgan fingerprint density at radius 2 is 0.739 bits per heavy atom. The summed E-state index contributed by atoms with van der Waals surface area (Å²) in [5.41, 5.74) is 4.46. The van der Waals surface area contributed by atoms with Gasteiger partial charge in [-0.3, -0.25) is 0 Å². The van der Waals surface area contributed by atoms with Crippen molar-refractivity contribution in [2.45, 2.75) is 18.1 Å². The van der Waals surface area contributed by atoms with E-state index in [9.17, 15) is 0 Å². The molecule has 0 fully saturated rings. The summed E-state index contributed by atoms with van der Waals surface area (Å²) in [4.78, 5) is 0. The number of hydrogen-bond donors (Lipinski definition) is 0. The maximum absolute atomic E-state index is 2.31. The Labute approximate surface area is 143 Å². The van der Waals surface area contributed by atoms with Gasteiger partial charge < -0.3 is 0 Å². The van der Waals surface area contributed by atoms with E-state index in [2.05, 4.69) is 101 Å². The van der Waals surface area contributed by atoms with Gasteiger partial charge in [0.25, 0.3) is 0 Å². The maximum atomic E-state index is 2.31. The predicted molar refractivity (Wildman–Crippen MR) is 105 cm³/mol. The average Bonchev–Trinajstić information content (AvgIpc) is 2.57. The first-order valence-electron chi connectivity index (χ1n) is 8.21. The fraction of sp³-hybridized carbons (Fsp3) is 0.143. The van der Waals surface area contributed by atoms with Crippen molar-refractivity contribution >= 4 is 17.4 Å². The molecule has 0 N–H and O–H groups in total. The van der Waals surface area contributed by atoms with Crippen LogP contribution in [0.2, 0.25) is 0 Å². The van der Waals surface area contributed by atoms with Crippen LogP contribution in [0.5, 0.6) is 0 Å². The molecule has 0 atom stereocenters. The van der Waals surface area contributed by atoms with Crippen LogP contribution < -0.4 is 0 Å². The van der Waals surface area contributed by atoms with Gasteiger partial charge in [-0.1, -0.05) is 108 Å². The minimum absolute atomic E-state index is 1.25. The molecule has 0 saturated carbocycles. The normalized spacial score (nSPS) is 11.3. The molecule has 3 aromatic rings. The molecule has 0 aromatic heterocycles. The highest BCUT2D eigenvalue weighted by molar-refractivity contribution is 7.16. The molecule has 0 amide bonds. The van der Waals surface area contributed by atoms with Gasteiger partial charge in [0.15, 0.2) is 0 Å².